The molecule has 9 nitrogen and oxygen atoms in total. The number of halogens is 2. The monoisotopic (exact) mass is 511 g/mol. The van der Waals surface area contributed by atoms with Crippen molar-refractivity contribution >= 4 is 28.5 Å². The van der Waals surface area contributed by atoms with Crippen molar-refractivity contribution < 1.29 is 28.2 Å². The van der Waals surface area contributed by atoms with Gasteiger partial charge in [-0.05, 0) is 62.6 Å². The first-order valence-corrected chi connectivity index (χ1v) is 12.3. The van der Waals surface area contributed by atoms with Crippen LogP contribution in [0.15, 0.2) is 12.1 Å². The van der Waals surface area contributed by atoms with Crippen molar-refractivity contribution in [1.82, 2.24) is 19.5 Å². The summed E-state index contributed by atoms with van der Waals surface area (Å²) in [6.07, 6.45) is 2.82. The lowest BCUT2D eigenvalue weighted by Crippen LogP contribution is -2.44. The van der Waals surface area contributed by atoms with Gasteiger partial charge >= 0.3 is 12.0 Å². The van der Waals surface area contributed by atoms with E-state index >= 15 is 0 Å². The molecule has 0 bridgehead atoms. The Morgan fingerprint density at radius 3 is 2.49 bits per heavy atom. The number of rotatable bonds is 11. The van der Waals surface area contributed by atoms with E-state index in [1.54, 1.807) is 6.92 Å². The first kappa shape index (κ1) is 26.8. The van der Waals surface area contributed by atoms with Crippen molar-refractivity contribution in [3.8, 4) is 5.88 Å². The maximum absolute atomic E-state index is 14.0. The van der Waals surface area contributed by atoms with Crippen LogP contribution in [0, 0.1) is 18.6 Å². The van der Waals surface area contributed by atoms with Crippen molar-refractivity contribution in [2.45, 2.75) is 32.8 Å². The minimum atomic E-state index is -1.38. The number of urea groups is 1. The summed E-state index contributed by atoms with van der Waals surface area (Å²) in [6, 6.07) is 1.76. The zero-order valence-electron chi connectivity index (χ0n) is 19.9. The number of nitrogens with one attached hydrogen (secondary N) is 2. The average molecular weight is 512 g/mol. The van der Waals surface area contributed by atoms with Gasteiger partial charge in [-0.2, -0.15) is 4.37 Å². The number of benzene rings is 1. The van der Waals surface area contributed by atoms with Crippen LogP contribution in [0.4, 0.5) is 18.6 Å². The number of likely N-dealkylation sites (N-methyl/N-ethyl adjacent to an activating group) is 1. The number of unbranched alkanes of at least 4 members (excludes halogenated alkanes) is 2. The number of carbonyl (C=O) groups excluding carboxylic acids is 1. The van der Waals surface area contributed by atoms with Crippen LogP contribution in [-0.2, 0) is 6.61 Å². The van der Waals surface area contributed by atoms with Crippen LogP contribution in [0.2, 0.25) is 0 Å². The molecule has 12 heteroatoms. The Morgan fingerprint density at radius 2 is 1.83 bits per heavy atom. The van der Waals surface area contributed by atoms with E-state index in [0.717, 1.165) is 75.7 Å². The molecule has 0 aliphatic carbocycles. The Morgan fingerprint density at radius 1 is 1.14 bits per heavy atom. The lowest BCUT2D eigenvalue weighted by molar-refractivity contribution is 0.0693. The van der Waals surface area contributed by atoms with Gasteiger partial charge in [0.05, 0.1) is 5.56 Å². The van der Waals surface area contributed by atoms with Gasteiger partial charge < -0.3 is 25.0 Å². The number of carbonyl (C=O) groups is 2. The van der Waals surface area contributed by atoms with E-state index < -0.39 is 30.2 Å². The Balaban J connectivity index is 1.44. The highest BCUT2D eigenvalue weighted by Crippen LogP contribution is 2.31. The smallest absolute Gasteiger partial charge is 0.344 e. The summed E-state index contributed by atoms with van der Waals surface area (Å²) in [4.78, 5) is 28.7. The van der Waals surface area contributed by atoms with Crippen LogP contribution in [0.25, 0.3) is 0 Å². The van der Waals surface area contributed by atoms with Crippen molar-refractivity contribution in [3.63, 3.8) is 0 Å². The van der Waals surface area contributed by atoms with Gasteiger partial charge in [0.25, 0.3) is 0 Å². The Bertz CT molecular complexity index is 1000. The molecular formula is C23H31F2N5O4S. The summed E-state index contributed by atoms with van der Waals surface area (Å²) in [6.45, 7) is 6.84. The fourth-order valence-corrected chi connectivity index (χ4v) is 4.44. The number of carboxylic acid groups (broad SMARTS) is 1. The SMILES string of the molecule is Cc1cc(F)c(COc2nsc(NC(=O)NCCCCCN3CCN(C)CC3)c2C(=O)O)c(F)c1. The largest absolute Gasteiger partial charge is 0.477 e. The molecule has 0 radical (unpaired) electrons. The molecule has 3 rings (SSSR count). The van der Waals surface area contributed by atoms with Gasteiger partial charge in [0.2, 0.25) is 5.88 Å². The first-order valence-electron chi connectivity index (χ1n) is 11.5. The molecule has 1 aromatic heterocycles. The molecule has 2 aromatic rings. The van der Waals surface area contributed by atoms with Crippen LogP contribution in [-0.4, -0.2) is 77.6 Å². The van der Waals surface area contributed by atoms with Gasteiger partial charge in [0.1, 0.15) is 23.2 Å². The number of anilines is 1. The molecule has 2 heterocycles. The fourth-order valence-electron chi connectivity index (χ4n) is 3.71. The number of hydrogen-bond acceptors (Lipinski definition) is 7. The van der Waals surface area contributed by atoms with Crippen LogP contribution in [0.1, 0.15) is 40.7 Å². The van der Waals surface area contributed by atoms with Crippen molar-refractivity contribution in [1.29, 1.82) is 0 Å². The summed E-state index contributed by atoms with van der Waals surface area (Å²) < 4.78 is 37.2. The zero-order chi connectivity index (χ0) is 25.4. The highest BCUT2D eigenvalue weighted by atomic mass is 32.1. The van der Waals surface area contributed by atoms with Gasteiger partial charge in [-0.1, -0.05) is 6.42 Å². The molecule has 1 fully saturated rings. The quantitative estimate of drug-likeness (QED) is 0.396. The fraction of sp³-hybridized carbons (Fsp3) is 0.522. The van der Waals surface area contributed by atoms with E-state index in [9.17, 15) is 23.5 Å². The third-order valence-electron chi connectivity index (χ3n) is 5.77. The van der Waals surface area contributed by atoms with Crippen LogP contribution in [0.3, 0.4) is 0 Å². The maximum Gasteiger partial charge on any atom is 0.344 e. The average Bonchev–Trinajstić information content (AvgIpc) is 3.19. The van der Waals surface area contributed by atoms with Crippen molar-refractivity contribution in [2.24, 2.45) is 0 Å². The molecule has 3 N–H and O–H groups in total. The Hall–Kier alpha value is -2.83. The molecular weight excluding hydrogens is 480 g/mol. The minimum Gasteiger partial charge on any atom is -0.477 e. The third-order valence-corrected chi connectivity index (χ3v) is 6.52. The summed E-state index contributed by atoms with van der Waals surface area (Å²) >= 11 is 0.718. The number of aryl methyl sites for hydroxylation is 1. The third kappa shape index (κ3) is 7.84. The normalized spacial score (nSPS) is 14.6. The predicted molar refractivity (Wildman–Crippen MR) is 129 cm³/mol. The van der Waals surface area contributed by atoms with Crippen molar-refractivity contribution in [3.05, 3.63) is 40.5 Å². The number of piperazine rings is 1. The standard InChI is InChI=1S/C23H31F2N5O4S/c1-15-12-17(24)16(18(25)13-15)14-34-20-19(22(31)32)21(35-28-20)27-23(33)26-6-4-3-5-7-30-10-8-29(2)9-11-30/h12-13H,3-11,14H2,1-2H3,(H,31,32)(H2,26,27,33). The highest BCUT2D eigenvalue weighted by Gasteiger charge is 2.24. The number of hydrogen-bond donors (Lipinski definition) is 3. The van der Waals surface area contributed by atoms with Crippen LogP contribution in [0.5, 0.6) is 5.88 Å². The molecule has 1 aromatic carbocycles. The molecule has 0 atom stereocenters. The minimum absolute atomic E-state index is 0.0232. The highest BCUT2D eigenvalue weighted by molar-refractivity contribution is 7.11. The summed E-state index contributed by atoms with van der Waals surface area (Å²) in [5.41, 5.74) is -0.291. The molecule has 192 valence electrons. The molecule has 1 aliphatic rings. The van der Waals surface area contributed by atoms with Crippen LogP contribution >= 0.6 is 11.5 Å². The number of aromatic carboxylic acids is 1. The van der Waals surface area contributed by atoms with E-state index in [2.05, 4.69) is 31.9 Å². The zero-order valence-corrected chi connectivity index (χ0v) is 20.7. The topological polar surface area (TPSA) is 107 Å². The van der Waals surface area contributed by atoms with E-state index in [0.29, 0.717) is 12.1 Å². The van der Waals surface area contributed by atoms with E-state index in [-0.39, 0.29) is 22.0 Å². The lowest BCUT2D eigenvalue weighted by Gasteiger charge is -2.32. The van der Waals surface area contributed by atoms with Gasteiger partial charge in [0, 0.05) is 32.7 Å². The lowest BCUT2D eigenvalue weighted by atomic mass is 10.1. The van der Waals surface area contributed by atoms with E-state index in [4.69, 9.17) is 4.74 Å². The molecule has 35 heavy (non-hydrogen) atoms. The molecule has 2 amide bonds. The number of aromatic nitrogens is 1. The second kappa shape index (κ2) is 12.8. The second-order valence-electron chi connectivity index (χ2n) is 8.58. The Kier molecular flexibility index (Phi) is 9.75. The molecule has 0 spiro atoms. The Labute approximate surface area is 207 Å². The maximum atomic E-state index is 14.0. The molecule has 0 unspecified atom stereocenters. The molecule has 1 aliphatic heterocycles. The number of ether oxygens (including phenoxy) is 1. The van der Waals surface area contributed by atoms with Crippen LogP contribution < -0.4 is 15.4 Å². The number of nitrogens with zero attached hydrogens (tertiary/aromatic N) is 3. The first-order chi connectivity index (χ1) is 16.7. The van der Waals surface area contributed by atoms with Gasteiger partial charge in [-0.15, -0.1) is 0 Å². The van der Waals surface area contributed by atoms with Gasteiger partial charge in [-0.3, -0.25) is 5.32 Å². The summed E-state index contributed by atoms with van der Waals surface area (Å²) in [5.74, 6) is -3.29. The van der Waals surface area contributed by atoms with Gasteiger partial charge in [0.15, 0.2) is 5.56 Å². The summed E-state index contributed by atoms with van der Waals surface area (Å²) in [7, 11) is 2.13. The number of carboxylic acids is 1. The number of amides is 2. The second-order valence-corrected chi connectivity index (χ2v) is 9.35. The predicted octanol–water partition coefficient (Wildman–Crippen LogP) is 3.55. The molecule has 1 saturated heterocycles. The van der Waals surface area contributed by atoms with Gasteiger partial charge in [-0.25, -0.2) is 18.4 Å². The van der Waals surface area contributed by atoms with E-state index in [1.807, 2.05) is 0 Å². The van der Waals surface area contributed by atoms with Crippen molar-refractivity contribution in [2.75, 3.05) is 51.6 Å². The summed E-state index contributed by atoms with van der Waals surface area (Å²) in [5, 5.41) is 14.7. The van der Waals surface area contributed by atoms with E-state index in [1.165, 1.54) is 0 Å². The molecule has 0 saturated carbocycles.